The summed E-state index contributed by atoms with van der Waals surface area (Å²) in [4.78, 5) is 11.2. The highest BCUT2D eigenvalue weighted by Crippen LogP contribution is 2.26. The maximum atomic E-state index is 11.2. The Labute approximate surface area is 94.3 Å². The van der Waals surface area contributed by atoms with Crippen LogP contribution in [-0.2, 0) is 13.5 Å². The molecule has 0 fully saturated rings. The molecule has 0 aliphatic heterocycles. The molecule has 0 aliphatic rings. The highest BCUT2D eigenvalue weighted by Gasteiger charge is 2.18. The van der Waals surface area contributed by atoms with Crippen LogP contribution in [0, 0.1) is 6.92 Å². The molecule has 0 atom stereocenters. The molecule has 0 saturated heterocycles. The van der Waals surface area contributed by atoms with Gasteiger partial charge < -0.3 is 9.67 Å². The lowest BCUT2D eigenvalue weighted by molar-refractivity contribution is 0.0686. The molecule has 0 aliphatic carbocycles. The summed E-state index contributed by atoms with van der Waals surface area (Å²) in [5.74, 6) is -0.854. The van der Waals surface area contributed by atoms with E-state index in [1.54, 1.807) is 4.57 Å². The van der Waals surface area contributed by atoms with Crippen molar-refractivity contribution in [1.82, 2.24) is 4.57 Å². The number of carboxylic acids is 1. The van der Waals surface area contributed by atoms with E-state index < -0.39 is 5.97 Å². The largest absolute Gasteiger partial charge is 0.477 e. The normalized spacial score (nSPS) is 10.9. The Morgan fingerprint density at radius 1 is 1.44 bits per heavy atom. The van der Waals surface area contributed by atoms with Crippen LogP contribution < -0.4 is 0 Å². The van der Waals surface area contributed by atoms with Gasteiger partial charge in [0.2, 0.25) is 0 Å². The lowest BCUT2D eigenvalue weighted by Gasteiger charge is -2.00. The topological polar surface area (TPSA) is 42.2 Å². The standard InChI is InChI=1S/C13H15NO2/c1-4-9-10-6-5-8(2)7-11(10)14(3)12(9)13(15)16/h5-7H,4H2,1-3H3,(H,15,16). The average molecular weight is 217 g/mol. The number of rotatable bonds is 2. The molecule has 84 valence electrons. The summed E-state index contributed by atoms with van der Waals surface area (Å²) in [6.07, 6.45) is 0.738. The second-order valence-corrected chi connectivity index (χ2v) is 4.07. The molecule has 16 heavy (non-hydrogen) atoms. The van der Waals surface area contributed by atoms with Crippen LogP contribution in [0.4, 0.5) is 0 Å². The van der Waals surface area contributed by atoms with Crippen molar-refractivity contribution in [3.05, 3.63) is 35.0 Å². The Morgan fingerprint density at radius 2 is 2.12 bits per heavy atom. The van der Waals surface area contributed by atoms with Gasteiger partial charge in [-0.3, -0.25) is 0 Å². The van der Waals surface area contributed by atoms with Crippen LogP contribution in [0.5, 0.6) is 0 Å². The minimum atomic E-state index is -0.854. The van der Waals surface area contributed by atoms with Crippen molar-refractivity contribution in [2.24, 2.45) is 7.05 Å². The number of carbonyl (C=O) groups is 1. The molecule has 1 heterocycles. The highest BCUT2D eigenvalue weighted by atomic mass is 16.4. The minimum Gasteiger partial charge on any atom is -0.477 e. The lowest BCUT2D eigenvalue weighted by atomic mass is 10.1. The molecule has 3 nitrogen and oxygen atoms in total. The molecular formula is C13H15NO2. The fourth-order valence-electron chi connectivity index (χ4n) is 2.26. The quantitative estimate of drug-likeness (QED) is 0.840. The maximum absolute atomic E-state index is 11.2. The Morgan fingerprint density at radius 3 is 2.69 bits per heavy atom. The number of hydrogen-bond donors (Lipinski definition) is 1. The van der Waals surface area contributed by atoms with E-state index in [1.165, 1.54) is 0 Å². The zero-order chi connectivity index (χ0) is 11.9. The molecule has 2 rings (SSSR count). The van der Waals surface area contributed by atoms with Crippen LogP contribution in [0.3, 0.4) is 0 Å². The number of aryl methyl sites for hydroxylation is 3. The van der Waals surface area contributed by atoms with E-state index in [9.17, 15) is 9.90 Å². The predicted octanol–water partition coefficient (Wildman–Crippen LogP) is 2.75. The van der Waals surface area contributed by atoms with E-state index in [2.05, 4.69) is 0 Å². The number of nitrogens with zero attached hydrogens (tertiary/aromatic N) is 1. The molecule has 2 aromatic rings. The van der Waals surface area contributed by atoms with Crippen LogP contribution >= 0.6 is 0 Å². The summed E-state index contributed by atoms with van der Waals surface area (Å²) in [5, 5.41) is 10.3. The second-order valence-electron chi connectivity index (χ2n) is 4.07. The predicted molar refractivity (Wildman–Crippen MR) is 64.0 cm³/mol. The van der Waals surface area contributed by atoms with Gasteiger partial charge in [-0.15, -0.1) is 0 Å². The van der Waals surface area contributed by atoms with Gasteiger partial charge >= 0.3 is 5.97 Å². The van der Waals surface area contributed by atoms with Gasteiger partial charge in [0.1, 0.15) is 5.69 Å². The molecule has 0 bridgehead atoms. The zero-order valence-electron chi connectivity index (χ0n) is 9.74. The number of benzene rings is 1. The van der Waals surface area contributed by atoms with Crippen molar-refractivity contribution in [1.29, 1.82) is 0 Å². The van der Waals surface area contributed by atoms with E-state index in [1.807, 2.05) is 39.1 Å². The molecule has 0 spiro atoms. The van der Waals surface area contributed by atoms with Gasteiger partial charge in [-0.05, 0) is 30.5 Å². The van der Waals surface area contributed by atoms with E-state index in [0.717, 1.165) is 28.5 Å². The van der Waals surface area contributed by atoms with Crippen molar-refractivity contribution in [3.8, 4) is 0 Å². The van der Waals surface area contributed by atoms with Gasteiger partial charge in [0, 0.05) is 18.0 Å². The Kier molecular flexibility index (Phi) is 2.46. The average Bonchev–Trinajstić information content (AvgIpc) is 2.51. The molecule has 0 unspecified atom stereocenters. The van der Waals surface area contributed by atoms with Gasteiger partial charge in [0.05, 0.1) is 0 Å². The SMILES string of the molecule is CCc1c(C(=O)O)n(C)c2cc(C)ccc12. The van der Waals surface area contributed by atoms with E-state index >= 15 is 0 Å². The van der Waals surface area contributed by atoms with Crippen molar-refractivity contribution in [2.75, 3.05) is 0 Å². The van der Waals surface area contributed by atoms with E-state index in [-0.39, 0.29) is 0 Å². The van der Waals surface area contributed by atoms with E-state index in [4.69, 9.17) is 0 Å². The number of fused-ring (bicyclic) bond motifs is 1. The summed E-state index contributed by atoms with van der Waals surface area (Å²) < 4.78 is 1.77. The molecular weight excluding hydrogens is 202 g/mol. The fraction of sp³-hybridized carbons (Fsp3) is 0.308. The lowest BCUT2D eigenvalue weighted by Crippen LogP contribution is -2.06. The molecule has 1 aromatic heterocycles. The third-order valence-electron chi connectivity index (χ3n) is 3.02. The Bertz CT molecular complexity index is 567. The first-order chi connectivity index (χ1) is 7.56. The second kappa shape index (κ2) is 3.67. The van der Waals surface area contributed by atoms with E-state index in [0.29, 0.717) is 5.69 Å². The molecule has 0 saturated carbocycles. The third kappa shape index (κ3) is 1.40. The molecule has 3 heteroatoms. The van der Waals surface area contributed by atoms with Crippen LogP contribution in [0.25, 0.3) is 10.9 Å². The molecule has 0 radical (unpaired) electrons. The number of aromatic carboxylic acids is 1. The van der Waals surface area contributed by atoms with Gasteiger partial charge in [-0.2, -0.15) is 0 Å². The van der Waals surface area contributed by atoms with Crippen molar-refractivity contribution < 1.29 is 9.90 Å². The summed E-state index contributed by atoms with van der Waals surface area (Å²) in [6, 6.07) is 6.06. The van der Waals surface area contributed by atoms with Crippen LogP contribution in [0.1, 0.15) is 28.5 Å². The number of aromatic nitrogens is 1. The van der Waals surface area contributed by atoms with Gasteiger partial charge in [-0.25, -0.2) is 4.79 Å². The summed E-state index contributed by atoms with van der Waals surface area (Å²) in [6.45, 7) is 4.00. The van der Waals surface area contributed by atoms with Crippen molar-refractivity contribution >= 4 is 16.9 Å². The summed E-state index contributed by atoms with van der Waals surface area (Å²) in [7, 11) is 1.81. The Hall–Kier alpha value is -1.77. The minimum absolute atomic E-state index is 0.406. The molecule has 1 N–H and O–H groups in total. The van der Waals surface area contributed by atoms with Crippen molar-refractivity contribution in [2.45, 2.75) is 20.3 Å². The monoisotopic (exact) mass is 217 g/mol. The number of hydrogen-bond acceptors (Lipinski definition) is 1. The zero-order valence-corrected chi connectivity index (χ0v) is 9.74. The van der Waals surface area contributed by atoms with Crippen LogP contribution in [0.2, 0.25) is 0 Å². The first-order valence-corrected chi connectivity index (χ1v) is 5.37. The van der Waals surface area contributed by atoms with Gasteiger partial charge in [0.25, 0.3) is 0 Å². The summed E-state index contributed by atoms with van der Waals surface area (Å²) >= 11 is 0. The summed E-state index contributed by atoms with van der Waals surface area (Å²) in [5.41, 5.74) is 3.47. The highest BCUT2D eigenvalue weighted by molar-refractivity contribution is 5.98. The van der Waals surface area contributed by atoms with Crippen LogP contribution in [-0.4, -0.2) is 15.6 Å². The smallest absolute Gasteiger partial charge is 0.352 e. The first kappa shape index (κ1) is 10.7. The molecule has 1 aromatic carbocycles. The van der Waals surface area contributed by atoms with Crippen LogP contribution in [0.15, 0.2) is 18.2 Å². The Balaban J connectivity index is 2.90. The fourth-order valence-corrected chi connectivity index (χ4v) is 2.26. The van der Waals surface area contributed by atoms with Gasteiger partial charge in [-0.1, -0.05) is 19.1 Å². The third-order valence-corrected chi connectivity index (χ3v) is 3.02. The van der Waals surface area contributed by atoms with Crippen molar-refractivity contribution in [3.63, 3.8) is 0 Å². The maximum Gasteiger partial charge on any atom is 0.352 e. The number of carboxylic acid groups (broad SMARTS) is 1. The first-order valence-electron chi connectivity index (χ1n) is 5.37. The molecule has 0 amide bonds. The van der Waals surface area contributed by atoms with Gasteiger partial charge in [0.15, 0.2) is 0 Å².